The van der Waals surface area contributed by atoms with E-state index in [0.717, 1.165) is 36.4 Å². The number of halogens is 1. The zero-order chi connectivity index (χ0) is 20.1. The molecule has 2 aromatic rings. The molecule has 3 rings (SSSR count). The van der Waals surface area contributed by atoms with Crippen molar-refractivity contribution < 1.29 is 13.9 Å². The number of amides is 1. The van der Waals surface area contributed by atoms with Gasteiger partial charge in [-0.05, 0) is 49.6 Å². The average Bonchev–Trinajstić information content (AvgIpc) is 2.70. The number of benzene rings is 2. The molecule has 0 bridgehead atoms. The van der Waals surface area contributed by atoms with Gasteiger partial charge in [0.05, 0.1) is 0 Å². The molecule has 2 atom stereocenters. The molecule has 2 aromatic carbocycles. The van der Waals surface area contributed by atoms with E-state index in [2.05, 4.69) is 25.7 Å². The third-order valence-electron chi connectivity index (χ3n) is 5.44. The number of hydrogen-bond acceptors (Lipinski definition) is 3. The van der Waals surface area contributed by atoms with Crippen LogP contribution in [0.25, 0.3) is 0 Å². The Kier molecular flexibility index (Phi) is 6.68. The van der Waals surface area contributed by atoms with Crippen LogP contribution in [0.4, 0.5) is 4.39 Å². The maximum Gasteiger partial charge on any atom is 0.260 e. The number of piperazine rings is 1. The van der Waals surface area contributed by atoms with Crippen molar-refractivity contribution in [3.63, 3.8) is 0 Å². The molecule has 5 heteroatoms. The highest BCUT2D eigenvalue weighted by molar-refractivity contribution is 5.78. The van der Waals surface area contributed by atoms with Gasteiger partial charge in [0.25, 0.3) is 5.91 Å². The number of carbonyl (C=O) groups is 1. The van der Waals surface area contributed by atoms with Crippen molar-refractivity contribution in [1.82, 2.24) is 9.80 Å². The standard InChI is InChI=1S/C23H29FN2O2/c1-4-20-7-5-6-8-22(20)28-16-23(27)26-14-17(2)25(13-18(26)3)15-19-9-11-21(24)12-10-19/h5-12,17-18H,4,13-16H2,1-3H3/t17-,18+/m1/s1. The van der Waals surface area contributed by atoms with Crippen molar-refractivity contribution in [2.45, 2.75) is 45.8 Å². The molecule has 1 aliphatic rings. The molecule has 0 unspecified atom stereocenters. The first-order chi connectivity index (χ1) is 13.5. The van der Waals surface area contributed by atoms with Crippen LogP contribution in [0.1, 0.15) is 31.9 Å². The van der Waals surface area contributed by atoms with E-state index in [0.29, 0.717) is 6.54 Å². The normalized spacial score (nSPS) is 20.2. The Balaban J connectivity index is 1.57. The summed E-state index contributed by atoms with van der Waals surface area (Å²) in [5, 5.41) is 0. The van der Waals surface area contributed by atoms with Gasteiger partial charge in [-0.1, -0.05) is 37.3 Å². The Morgan fingerprint density at radius 1 is 1.07 bits per heavy atom. The molecule has 4 nitrogen and oxygen atoms in total. The molecule has 0 radical (unpaired) electrons. The molecular formula is C23H29FN2O2. The minimum Gasteiger partial charge on any atom is -0.483 e. The van der Waals surface area contributed by atoms with Crippen molar-refractivity contribution in [2.24, 2.45) is 0 Å². The molecule has 0 saturated carbocycles. The van der Waals surface area contributed by atoms with Crippen LogP contribution in [0, 0.1) is 5.82 Å². The van der Waals surface area contributed by atoms with Crippen LogP contribution in [0.2, 0.25) is 0 Å². The fourth-order valence-electron chi connectivity index (χ4n) is 3.75. The molecule has 0 spiro atoms. The van der Waals surface area contributed by atoms with Gasteiger partial charge in [0.15, 0.2) is 6.61 Å². The van der Waals surface area contributed by atoms with Crippen LogP contribution in [-0.4, -0.2) is 47.5 Å². The highest BCUT2D eigenvalue weighted by Gasteiger charge is 2.32. The van der Waals surface area contributed by atoms with E-state index < -0.39 is 0 Å². The maximum atomic E-state index is 13.1. The molecule has 1 amide bonds. The van der Waals surface area contributed by atoms with E-state index in [4.69, 9.17) is 4.74 Å². The van der Waals surface area contributed by atoms with Gasteiger partial charge >= 0.3 is 0 Å². The number of rotatable bonds is 6. The van der Waals surface area contributed by atoms with Gasteiger partial charge in [-0.15, -0.1) is 0 Å². The van der Waals surface area contributed by atoms with E-state index in [1.165, 1.54) is 12.1 Å². The summed E-state index contributed by atoms with van der Waals surface area (Å²) in [7, 11) is 0. The van der Waals surface area contributed by atoms with Crippen LogP contribution < -0.4 is 4.74 Å². The lowest BCUT2D eigenvalue weighted by atomic mass is 10.1. The molecule has 1 heterocycles. The van der Waals surface area contributed by atoms with Crippen LogP contribution in [0.5, 0.6) is 5.75 Å². The molecule has 0 aliphatic carbocycles. The zero-order valence-corrected chi connectivity index (χ0v) is 16.9. The maximum absolute atomic E-state index is 13.1. The summed E-state index contributed by atoms with van der Waals surface area (Å²) in [5.41, 5.74) is 2.19. The van der Waals surface area contributed by atoms with Crippen molar-refractivity contribution in [1.29, 1.82) is 0 Å². The fourth-order valence-corrected chi connectivity index (χ4v) is 3.75. The van der Waals surface area contributed by atoms with Gasteiger partial charge in [-0.25, -0.2) is 4.39 Å². The summed E-state index contributed by atoms with van der Waals surface area (Å²) in [4.78, 5) is 17.0. The Hall–Kier alpha value is -2.40. The highest BCUT2D eigenvalue weighted by atomic mass is 19.1. The van der Waals surface area contributed by atoms with Gasteiger partial charge in [0, 0.05) is 31.7 Å². The van der Waals surface area contributed by atoms with Crippen LogP contribution in [0.15, 0.2) is 48.5 Å². The van der Waals surface area contributed by atoms with Gasteiger partial charge in [0.1, 0.15) is 11.6 Å². The number of carbonyl (C=O) groups excluding carboxylic acids is 1. The fraction of sp³-hybridized carbons (Fsp3) is 0.435. The highest BCUT2D eigenvalue weighted by Crippen LogP contribution is 2.21. The topological polar surface area (TPSA) is 32.8 Å². The monoisotopic (exact) mass is 384 g/mol. The predicted octanol–water partition coefficient (Wildman–Crippen LogP) is 3.89. The number of ether oxygens (including phenoxy) is 1. The number of para-hydroxylation sites is 1. The molecule has 1 fully saturated rings. The first-order valence-corrected chi connectivity index (χ1v) is 9.96. The molecule has 0 N–H and O–H groups in total. The minimum absolute atomic E-state index is 0.0201. The van der Waals surface area contributed by atoms with E-state index in [1.807, 2.05) is 41.3 Å². The summed E-state index contributed by atoms with van der Waals surface area (Å²) < 4.78 is 18.9. The van der Waals surface area contributed by atoms with Gasteiger partial charge in [-0.3, -0.25) is 9.69 Å². The van der Waals surface area contributed by atoms with Crippen LogP contribution in [0.3, 0.4) is 0 Å². The first kappa shape index (κ1) is 20.3. The van der Waals surface area contributed by atoms with Gasteiger partial charge < -0.3 is 9.64 Å². The minimum atomic E-state index is -0.217. The first-order valence-electron chi connectivity index (χ1n) is 9.96. The smallest absolute Gasteiger partial charge is 0.260 e. The molecule has 1 saturated heterocycles. The molecule has 1 aliphatic heterocycles. The number of nitrogens with zero attached hydrogens (tertiary/aromatic N) is 2. The molecular weight excluding hydrogens is 355 g/mol. The summed E-state index contributed by atoms with van der Waals surface area (Å²) in [6.07, 6.45) is 0.875. The van der Waals surface area contributed by atoms with E-state index in [-0.39, 0.29) is 30.4 Å². The summed E-state index contributed by atoms with van der Waals surface area (Å²) >= 11 is 0. The lowest BCUT2D eigenvalue weighted by Gasteiger charge is -2.44. The van der Waals surface area contributed by atoms with Crippen molar-refractivity contribution in [2.75, 3.05) is 19.7 Å². The molecule has 0 aromatic heterocycles. The van der Waals surface area contributed by atoms with Crippen LogP contribution in [-0.2, 0) is 17.8 Å². The number of hydrogen-bond donors (Lipinski definition) is 0. The van der Waals surface area contributed by atoms with Crippen molar-refractivity contribution in [3.8, 4) is 5.75 Å². The second kappa shape index (κ2) is 9.20. The van der Waals surface area contributed by atoms with E-state index >= 15 is 0 Å². The van der Waals surface area contributed by atoms with E-state index in [9.17, 15) is 9.18 Å². The second-order valence-corrected chi connectivity index (χ2v) is 7.55. The largest absolute Gasteiger partial charge is 0.483 e. The average molecular weight is 384 g/mol. The van der Waals surface area contributed by atoms with Crippen LogP contribution >= 0.6 is 0 Å². The predicted molar refractivity (Wildman–Crippen MR) is 109 cm³/mol. The summed E-state index contributed by atoms with van der Waals surface area (Å²) in [5.74, 6) is 0.589. The third kappa shape index (κ3) is 4.90. The Morgan fingerprint density at radius 2 is 1.79 bits per heavy atom. The molecule has 28 heavy (non-hydrogen) atoms. The Bertz CT molecular complexity index is 793. The lowest BCUT2D eigenvalue weighted by Crippen LogP contribution is -2.58. The third-order valence-corrected chi connectivity index (χ3v) is 5.44. The SMILES string of the molecule is CCc1ccccc1OCC(=O)N1C[C@@H](C)N(Cc2ccc(F)cc2)C[C@@H]1C. The van der Waals surface area contributed by atoms with Crippen molar-refractivity contribution >= 4 is 5.91 Å². The lowest BCUT2D eigenvalue weighted by molar-refractivity contribution is -0.139. The van der Waals surface area contributed by atoms with Crippen molar-refractivity contribution in [3.05, 3.63) is 65.5 Å². The summed E-state index contributed by atoms with van der Waals surface area (Å²) in [6.45, 7) is 8.55. The number of aryl methyl sites for hydroxylation is 1. The summed E-state index contributed by atoms with van der Waals surface area (Å²) in [6, 6.07) is 14.8. The van der Waals surface area contributed by atoms with E-state index in [1.54, 1.807) is 0 Å². The quantitative estimate of drug-likeness (QED) is 0.758. The molecule has 150 valence electrons. The second-order valence-electron chi connectivity index (χ2n) is 7.55. The Morgan fingerprint density at radius 3 is 2.50 bits per heavy atom. The van der Waals surface area contributed by atoms with Gasteiger partial charge in [-0.2, -0.15) is 0 Å². The zero-order valence-electron chi connectivity index (χ0n) is 16.9. The van der Waals surface area contributed by atoms with Gasteiger partial charge in [0.2, 0.25) is 0 Å². The Labute approximate surface area is 166 Å².